The van der Waals surface area contributed by atoms with E-state index in [1.165, 1.54) is 11.1 Å². The molecule has 38 heavy (non-hydrogen) atoms. The quantitative estimate of drug-likeness (QED) is 0.230. The molecular weight excluding hydrogens is 471 g/mol. The van der Waals surface area contributed by atoms with Crippen LogP contribution in [-0.4, -0.2) is 18.3 Å². The van der Waals surface area contributed by atoms with Crippen molar-refractivity contribution in [1.29, 1.82) is 0 Å². The predicted molar refractivity (Wildman–Crippen MR) is 154 cm³/mol. The van der Waals surface area contributed by atoms with Crippen LogP contribution in [0.1, 0.15) is 52.7 Å². The molecule has 1 fully saturated rings. The first-order valence-electron chi connectivity index (χ1n) is 13.3. The van der Waals surface area contributed by atoms with Gasteiger partial charge in [-0.05, 0) is 56.9 Å². The van der Waals surface area contributed by atoms with Crippen LogP contribution in [0.3, 0.4) is 0 Å². The van der Waals surface area contributed by atoms with Crippen molar-refractivity contribution in [1.82, 2.24) is 0 Å². The zero-order valence-electron chi connectivity index (χ0n) is 22.7. The first kappa shape index (κ1) is 23.6. The van der Waals surface area contributed by atoms with Gasteiger partial charge >= 0.3 is 7.12 Å². The topological polar surface area (TPSA) is 40.8 Å². The summed E-state index contributed by atoms with van der Waals surface area (Å²) in [5.41, 5.74) is 6.22. The summed E-state index contributed by atoms with van der Waals surface area (Å²) in [6.07, 6.45) is 0. The molecule has 7 rings (SSSR count). The summed E-state index contributed by atoms with van der Waals surface area (Å²) < 4.78 is 25.5. The van der Waals surface area contributed by atoms with Gasteiger partial charge in [0.2, 0.25) is 0 Å². The van der Waals surface area contributed by atoms with Crippen LogP contribution in [0.5, 0.6) is 11.5 Å². The van der Waals surface area contributed by atoms with Gasteiger partial charge in [0, 0.05) is 32.9 Å². The number of rotatable bonds is 2. The molecule has 5 heteroatoms. The first-order valence-corrected chi connectivity index (χ1v) is 13.3. The molecule has 0 unspecified atom stereocenters. The Kier molecular flexibility index (Phi) is 4.81. The minimum absolute atomic E-state index is 0.141. The van der Waals surface area contributed by atoms with E-state index in [1.807, 2.05) is 12.1 Å². The maximum absolute atomic E-state index is 6.53. The lowest BCUT2D eigenvalue weighted by atomic mass is 9.75. The fourth-order valence-electron chi connectivity index (χ4n) is 5.79. The van der Waals surface area contributed by atoms with Gasteiger partial charge in [-0.3, -0.25) is 0 Å². The molecule has 2 aliphatic rings. The molecule has 0 aliphatic carbocycles. The Hall–Kier alpha value is -3.54. The van der Waals surface area contributed by atoms with Gasteiger partial charge in [0.25, 0.3) is 0 Å². The molecule has 1 saturated heterocycles. The summed E-state index contributed by atoms with van der Waals surface area (Å²) in [7, 11) is -0.430. The summed E-state index contributed by atoms with van der Waals surface area (Å²) in [4.78, 5) is 0. The van der Waals surface area contributed by atoms with Crippen molar-refractivity contribution < 1.29 is 18.5 Å². The second kappa shape index (κ2) is 7.75. The van der Waals surface area contributed by atoms with Crippen molar-refractivity contribution in [2.75, 3.05) is 0 Å². The Morgan fingerprint density at radius 3 is 2.16 bits per heavy atom. The Bertz CT molecular complexity index is 1730. The smallest absolute Gasteiger partial charge is 0.457 e. The van der Waals surface area contributed by atoms with E-state index >= 15 is 0 Å². The van der Waals surface area contributed by atoms with Gasteiger partial charge in [0.05, 0.1) is 11.2 Å². The Morgan fingerprint density at radius 1 is 0.632 bits per heavy atom. The van der Waals surface area contributed by atoms with Crippen molar-refractivity contribution in [3.05, 3.63) is 90.0 Å². The molecule has 0 saturated carbocycles. The van der Waals surface area contributed by atoms with E-state index in [4.69, 9.17) is 18.5 Å². The van der Waals surface area contributed by atoms with E-state index < -0.39 is 18.3 Å². The van der Waals surface area contributed by atoms with Crippen molar-refractivity contribution in [3.8, 4) is 22.6 Å². The van der Waals surface area contributed by atoms with Gasteiger partial charge in [-0.2, -0.15) is 0 Å². The third kappa shape index (κ3) is 3.32. The Balaban J connectivity index is 1.32. The molecule has 0 N–H and O–H groups in total. The number of fused-ring (bicyclic) bond motifs is 5. The first-order chi connectivity index (χ1) is 18.0. The highest BCUT2D eigenvalue weighted by Gasteiger charge is 2.51. The molecule has 1 aromatic heterocycles. The highest BCUT2D eigenvalue weighted by molar-refractivity contribution is 6.62. The summed E-state index contributed by atoms with van der Waals surface area (Å²) in [5.74, 6) is 1.81. The molecule has 4 aromatic carbocycles. The normalized spacial score (nSPS) is 18.8. The van der Waals surface area contributed by atoms with Crippen molar-refractivity contribution in [2.45, 2.75) is 58.2 Å². The molecule has 0 spiro atoms. The van der Waals surface area contributed by atoms with Gasteiger partial charge in [0.1, 0.15) is 22.7 Å². The average Bonchev–Trinajstić information content (AvgIpc) is 3.36. The third-order valence-electron chi connectivity index (χ3n) is 8.79. The number of para-hydroxylation sites is 2. The number of furan rings is 1. The number of hydrogen-bond acceptors (Lipinski definition) is 4. The van der Waals surface area contributed by atoms with E-state index in [0.29, 0.717) is 0 Å². The number of ether oxygens (including phenoxy) is 1. The van der Waals surface area contributed by atoms with Crippen LogP contribution in [-0.2, 0) is 14.7 Å². The molecule has 0 atom stereocenters. The second-order valence-electron chi connectivity index (χ2n) is 12.1. The number of benzene rings is 4. The SMILES string of the molecule is CC1(C)c2ccccc2Oc2cc(-c3cccc4c3oc3cc(B5OC(C)(C)C(C)(C)O5)ccc34)ccc21. The standard InChI is InChI=1S/C33H31BO4/c1-31(2)25-12-7-8-13-27(25)35-29-18-20(14-17-26(29)31)22-10-9-11-24-23-16-15-21(19-28(23)36-30(22)24)34-37-32(3,4)33(5,6)38-34/h7-19H,1-6H3. The van der Waals surface area contributed by atoms with E-state index in [1.54, 1.807) is 0 Å². The van der Waals surface area contributed by atoms with Crippen LogP contribution < -0.4 is 10.2 Å². The molecule has 190 valence electrons. The van der Waals surface area contributed by atoms with Gasteiger partial charge < -0.3 is 18.5 Å². The van der Waals surface area contributed by atoms with Gasteiger partial charge in [0.15, 0.2) is 0 Å². The molecule has 2 aliphatic heterocycles. The lowest BCUT2D eigenvalue weighted by Gasteiger charge is -2.34. The van der Waals surface area contributed by atoms with E-state index in [0.717, 1.165) is 50.0 Å². The summed E-state index contributed by atoms with van der Waals surface area (Å²) in [6, 6.07) is 27.4. The van der Waals surface area contributed by atoms with Crippen LogP contribution in [0.15, 0.2) is 83.3 Å². The molecule has 0 amide bonds. The lowest BCUT2D eigenvalue weighted by Crippen LogP contribution is -2.41. The monoisotopic (exact) mass is 502 g/mol. The average molecular weight is 502 g/mol. The van der Waals surface area contributed by atoms with Crippen LogP contribution in [0.2, 0.25) is 0 Å². The Morgan fingerprint density at radius 2 is 1.37 bits per heavy atom. The van der Waals surface area contributed by atoms with E-state index in [9.17, 15) is 0 Å². The fourth-order valence-corrected chi connectivity index (χ4v) is 5.79. The highest BCUT2D eigenvalue weighted by atomic mass is 16.7. The third-order valence-corrected chi connectivity index (χ3v) is 8.79. The van der Waals surface area contributed by atoms with Crippen molar-refractivity contribution in [2.24, 2.45) is 0 Å². The molecule has 4 nitrogen and oxygen atoms in total. The molecule has 3 heterocycles. The minimum Gasteiger partial charge on any atom is -0.457 e. The fraction of sp³-hybridized carbons (Fsp3) is 0.273. The molecule has 5 aromatic rings. The van der Waals surface area contributed by atoms with Crippen LogP contribution in [0, 0.1) is 0 Å². The second-order valence-corrected chi connectivity index (χ2v) is 12.1. The maximum atomic E-state index is 6.53. The lowest BCUT2D eigenvalue weighted by molar-refractivity contribution is 0.00578. The zero-order chi connectivity index (χ0) is 26.4. The summed E-state index contributed by atoms with van der Waals surface area (Å²) >= 11 is 0. The van der Waals surface area contributed by atoms with Crippen LogP contribution >= 0.6 is 0 Å². The molecular formula is C33H31BO4. The summed E-state index contributed by atoms with van der Waals surface area (Å²) in [6.45, 7) is 12.8. The van der Waals surface area contributed by atoms with Crippen molar-refractivity contribution >= 4 is 34.5 Å². The predicted octanol–water partition coefficient (Wildman–Crippen LogP) is 7.98. The number of hydrogen-bond donors (Lipinski definition) is 0. The van der Waals surface area contributed by atoms with Crippen LogP contribution in [0.25, 0.3) is 33.1 Å². The maximum Gasteiger partial charge on any atom is 0.494 e. The van der Waals surface area contributed by atoms with Gasteiger partial charge in [-0.25, -0.2) is 0 Å². The summed E-state index contributed by atoms with van der Waals surface area (Å²) in [5, 5.41) is 2.16. The van der Waals surface area contributed by atoms with Crippen LogP contribution in [0.4, 0.5) is 0 Å². The minimum atomic E-state index is -0.430. The van der Waals surface area contributed by atoms with E-state index in [2.05, 4.69) is 108 Å². The largest absolute Gasteiger partial charge is 0.494 e. The van der Waals surface area contributed by atoms with E-state index in [-0.39, 0.29) is 5.41 Å². The van der Waals surface area contributed by atoms with Crippen molar-refractivity contribution in [3.63, 3.8) is 0 Å². The molecule has 0 radical (unpaired) electrons. The zero-order valence-corrected chi connectivity index (χ0v) is 22.7. The molecule has 0 bridgehead atoms. The Labute approximate surface area is 223 Å². The van der Waals surface area contributed by atoms with Gasteiger partial charge in [-0.1, -0.05) is 74.5 Å². The van der Waals surface area contributed by atoms with Gasteiger partial charge in [-0.15, -0.1) is 0 Å². The highest BCUT2D eigenvalue weighted by Crippen LogP contribution is 2.49.